The van der Waals surface area contributed by atoms with E-state index in [4.69, 9.17) is 4.74 Å². The van der Waals surface area contributed by atoms with Gasteiger partial charge in [0.05, 0.1) is 7.11 Å². The lowest BCUT2D eigenvalue weighted by Crippen LogP contribution is -2.68. The normalized spacial score (nSPS) is 53.8. The highest BCUT2D eigenvalue weighted by molar-refractivity contribution is 5.69. The minimum atomic E-state index is 0.00515. The number of rotatable bonds is 4. The van der Waals surface area contributed by atoms with Crippen molar-refractivity contribution >= 4 is 5.97 Å². The van der Waals surface area contributed by atoms with E-state index in [-0.39, 0.29) is 5.97 Å². The molecule has 0 amide bonds. The van der Waals surface area contributed by atoms with Gasteiger partial charge < -0.3 is 4.74 Å². The summed E-state index contributed by atoms with van der Waals surface area (Å²) in [5, 5.41) is 0. The minimum absolute atomic E-state index is 0.00515. The lowest BCUT2D eigenvalue weighted by molar-refractivity contribution is -0.184. The number of esters is 1. The monoisotopic (exact) mass is 359 g/mol. The van der Waals surface area contributed by atoms with E-state index >= 15 is 0 Å². The fraction of sp³-hybridized carbons (Fsp3) is 0.957. The number of nitrogens with zero attached hydrogens (tertiary/aromatic N) is 1. The topological polar surface area (TPSA) is 29.5 Å². The molecule has 8 atom stereocenters. The van der Waals surface area contributed by atoms with Crippen molar-refractivity contribution in [2.24, 2.45) is 34.5 Å². The fourth-order valence-corrected chi connectivity index (χ4v) is 9.42. The third-order valence-electron chi connectivity index (χ3n) is 10.3. The molecular formula is C23H37NO2. The summed E-state index contributed by atoms with van der Waals surface area (Å²) in [4.78, 5) is 15.3. The Hall–Kier alpha value is -0.570. The highest BCUT2D eigenvalue weighted by atomic mass is 16.5. The summed E-state index contributed by atoms with van der Waals surface area (Å²) in [5.41, 5.74) is 1.26. The van der Waals surface area contributed by atoms with Crippen LogP contribution in [0, 0.1) is 34.5 Å². The standard InChI is InChI=1S/C23H37NO2/c1-15(2)17-8-11-21(3)16-7-12-22-10-5-6-18(22)23(21,13-9-19(25)26-4)20(17)24(22)14-16/h15-18,20H,5-14H2,1-4H3. The lowest BCUT2D eigenvalue weighted by Gasteiger charge is -2.67. The van der Waals surface area contributed by atoms with E-state index in [9.17, 15) is 4.79 Å². The smallest absolute Gasteiger partial charge is 0.305 e. The summed E-state index contributed by atoms with van der Waals surface area (Å²) in [6, 6.07) is 0.716. The molecule has 0 aromatic heterocycles. The average molecular weight is 360 g/mol. The van der Waals surface area contributed by atoms with E-state index < -0.39 is 0 Å². The molecule has 2 aliphatic carbocycles. The Bertz CT molecular complexity index is 617. The van der Waals surface area contributed by atoms with Gasteiger partial charge in [-0.05, 0) is 79.4 Å². The molecule has 3 nitrogen and oxygen atoms in total. The summed E-state index contributed by atoms with van der Waals surface area (Å²) < 4.78 is 5.10. The Balaban J connectivity index is 1.67. The second-order valence-electron chi connectivity index (χ2n) is 10.9. The Morgan fingerprint density at radius 1 is 1.19 bits per heavy atom. The second-order valence-corrected chi connectivity index (χ2v) is 10.9. The molecule has 3 aliphatic heterocycles. The Kier molecular flexibility index (Phi) is 3.70. The van der Waals surface area contributed by atoms with E-state index in [0.717, 1.165) is 30.1 Å². The highest BCUT2D eigenvalue weighted by Crippen LogP contribution is 2.79. The number of hydrogen-bond acceptors (Lipinski definition) is 3. The largest absolute Gasteiger partial charge is 0.469 e. The minimum Gasteiger partial charge on any atom is -0.469 e. The first kappa shape index (κ1) is 17.5. The van der Waals surface area contributed by atoms with Crippen LogP contribution in [0.3, 0.4) is 0 Å². The zero-order valence-corrected chi connectivity index (χ0v) is 17.2. The van der Waals surface area contributed by atoms with Crippen molar-refractivity contribution in [3.05, 3.63) is 0 Å². The van der Waals surface area contributed by atoms with Crippen molar-refractivity contribution < 1.29 is 9.53 Å². The molecule has 146 valence electrons. The van der Waals surface area contributed by atoms with Crippen LogP contribution in [0.2, 0.25) is 0 Å². The molecule has 5 bridgehead atoms. The van der Waals surface area contributed by atoms with Gasteiger partial charge in [0.2, 0.25) is 0 Å². The molecule has 5 fully saturated rings. The van der Waals surface area contributed by atoms with Crippen LogP contribution in [0.1, 0.15) is 78.6 Å². The summed E-state index contributed by atoms with van der Waals surface area (Å²) in [5.74, 6) is 3.23. The van der Waals surface area contributed by atoms with Crippen LogP contribution in [-0.2, 0) is 9.53 Å². The maximum Gasteiger partial charge on any atom is 0.305 e. The number of hydrogen-bond donors (Lipinski definition) is 0. The first-order chi connectivity index (χ1) is 12.4. The van der Waals surface area contributed by atoms with Crippen LogP contribution in [-0.4, -0.2) is 36.1 Å². The van der Waals surface area contributed by atoms with Gasteiger partial charge in [0, 0.05) is 24.5 Å². The number of methoxy groups -OCH3 is 1. The summed E-state index contributed by atoms with van der Waals surface area (Å²) in [6.45, 7) is 8.89. The Morgan fingerprint density at radius 3 is 2.73 bits per heavy atom. The van der Waals surface area contributed by atoms with Gasteiger partial charge in [-0.25, -0.2) is 0 Å². The quantitative estimate of drug-likeness (QED) is 0.685. The molecule has 0 aromatic rings. The van der Waals surface area contributed by atoms with E-state index in [2.05, 4.69) is 25.7 Å². The molecule has 0 radical (unpaired) electrons. The fourth-order valence-electron chi connectivity index (χ4n) is 9.42. The maximum atomic E-state index is 12.2. The molecule has 26 heavy (non-hydrogen) atoms. The molecule has 8 unspecified atom stereocenters. The van der Waals surface area contributed by atoms with Crippen molar-refractivity contribution in [2.75, 3.05) is 13.7 Å². The molecule has 5 rings (SSSR count). The van der Waals surface area contributed by atoms with E-state index in [0.29, 0.717) is 28.8 Å². The van der Waals surface area contributed by atoms with Crippen LogP contribution < -0.4 is 0 Å². The summed E-state index contributed by atoms with van der Waals surface area (Å²) in [7, 11) is 1.56. The number of piperidine rings is 2. The maximum absolute atomic E-state index is 12.2. The second kappa shape index (κ2) is 5.49. The lowest BCUT2D eigenvalue weighted by atomic mass is 9.42. The molecule has 0 N–H and O–H groups in total. The van der Waals surface area contributed by atoms with Crippen LogP contribution in [0.4, 0.5) is 0 Å². The zero-order chi connectivity index (χ0) is 18.3. The first-order valence-corrected chi connectivity index (χ1v) is 11.2. The predicted octanol–water partition coefficient (Wildman–Crippen LogP) is 4.65. The van der Waals surface area contributed by atoms with Crippen LogP contribution in [0.15, 0.2) is 0 Å². The van der Waals surface area contributed by atoms with Crippen molar-refractivity contribution in [2.45, 2.75) is 90.1 Å². The Morgan fingerprint density at radius 2 is 2.00 bits per heavy atom. The number of ether oxygens (including phenoxy) is 1. The first-order valence-electron chi connectivity index (χ1n) is 11.2. The van der Waals surface area contributed by atoms with E-state index in [1.54, 1.807) is 7.11 Å². The van der Waals surface area contributed by atoms with Crippen molar-refractivity contribution in [1.29, 1.82) is 0 Å². The van der Waals surface area contributed by atoms with Crippen LogP contribution in [0.25, 0.3) is 0 Å². The van der Waals surface area contributed by atoms with Crippen molar-refractivity contribution in [1.82, 2.24) is 4.90 Å². The van der Waals surface area contributed by atoms with Crippen molar-refractivity contribution in [3.8, 4) is 0 Å². The van der Waals surface area contributed by atoms with Gasteiger partial charge in [-0.15, -0.1) is 0 Å². The average Bonchev–Trinajstić information content (AvgIpc) is 3.09. The molecule has 0 aromatic carbocycles. The molecular weight excluding hydrogens is 322 g/mol. The number of fused-ring (bicyclic) bond motifs is 2. The molecule has 3 heterocycles. The predicted molar refractivity (Wildman–Crippen MR) is 103 cm³/mol. The molecule has 3 saturated heterocycles. The summed E-state index contributed by atoms with van der Waals surface area (Å²) >= 11 is 0. The molecule has 1 spiro atoms. The van der Waals surface area contributed by atoms with Gasteiger partial charge in [0.1, 0.15) is 0 Å². The van der Waals surface area contributed by atoms with Crippen LogP contribution in [0.5, 0.6) is 0 Å². The van der Waals surface area contributed by atoms with Gasteiger partial charge in [-0.2, -0.15) is 0 Å². The van der Waals surface area contributed by atoms with Crippen molar-refractivity contribution in [3.63, 3.8) is 0 Å². The van der Waals surface area contributed by atoms with Gasteiger partial charge in [-0.1, -0.05) is 27.2 Å². The molecule has 3 heteroatoms. The van der Waals surface area contributed by atoms with E-state index in [1.807, 2.05) is 0 Å². The van der Waals surface area contributed by atoms with Gasteiger partial charge >= 0.3 is 5.97 Å². The van der Waals surface area contributed by atoms with Gasteiger partial charge in [0.15, 0.2) is 0 Å². The third kappa shape index (κ3) is 1.78. The van der Waals surface area contributed by atoms with Gasteiger partial charge in [0.25, 0.3) is 0 Å². The third-order valence-corrected chi connectivity index (χ3v) is 10.3. The number of carbonyl (C=O) groups excluding carboxylic acids is 1. The van der Waals surface area contributed by atoms with E-state index in [1.165, 1.54) is 51.5 Å². The van der Waals surface area contributed by atoms with Gasteiger partial charge in [-0.3, -0.25) is 9.69 Å². The zero-order valence-electron chi connectivity index (χ0n) is 17.2. The Labute approximate surface area is 159 Å². The number of carbonyl (C=O) groups is 1. The van der Waals surface area contributed by atoms with Crippen LogP contribution >= 0.6 is 0 Å². The highest BCUT2D eigenvalue weighted by Gasteiger charge is 2.79. The SMILES string of the molecule is COC(=O)CCC12C3C(C(C)C)CCC1(C)C1CCC4(CCCC42)N3C1. The summed E-state index contributed by atoms with van der Waals surface area (Å²) in [6.07, 6.45) is 11.6. The molecule has 2 saturated carbocycles. The molecule has 5 aliphatic rings.